The van der Waals surface area contributed by atoms with Crippen LogP contribution in [0.25, 0.3) is 0 Å². The lowest BCUT2D eigenvalue weighted by Crippen LogP contribution is -2.17. The van der Waals surface area contributed by atoms with Crippen molar-refractivity contribution in [2.45, 2.75) is 33.2 Å². The van der Waals surface area contributed by atoms with E-state index in [4.69, 9.17) is 20.6 Å². The van der Waals surface area contributed by atoms with Crippen LogP contribution in [0.4, 0.5) is 0 Å². The molecular weight excluding hydrogens is 216 g/mol. The molecule has 0 aliphatic rings. The van der Waals surface area contributed by atoms with Gasteiger partial charge in [-0.15, -0.1) is 6.42 Å². The molecule has 0 aliphatic carbocycles. The van der Waals surface area contributed by atoms with Crippen molar-refractivity contribution < 1.29 is 14.2 Å². The van der Waals surface area contributed by atoms with E-state index in [1.807, 2.05) is 45.0 Å². The summed E-state index contributed by atoms with van der Waals surface area (Å²) in [7, 11) is 0. The highest BCUT2D eigenvalue weighted by molar-refractivity contribution is 5.40. The van der Waals surface area contributed by atoms with Gasteiger partial charge in [-0.2, -0.15) is 0 Å². The van der Waals surface area contributed by atoms with Gasteiger partial charge in [0.2, 0.25) is 0 Å². The van der Waals surface area contributed by atoms with Crippen molar-refractivity contribution in [3.05, 3.63) is 24.3 Å². The highest BCUT2D eigenvalue weighted by Crippen LogP contribution is 2.28. The monoisotopic (exact) mass is 234 g/mol. The van der Waals surface area contributed by atoms with Gasteiger partial charge in [0.1, 0.15) is 0 Å². The predicted octanol–water partition coefficient (Wildman–Crippen LogP) is 2.85. The molecule has 0 N–H and O–H groups in total. The molecule has 0 saturated carbocycles. The number of rotatable bonds is 6. The van der Waals surface area contributed by atoms with Crippen LogP contribution in [0.2, 0.25) is 0 Å². The molecule has 0 spiro atoms. The summed E-state index contributed by atoms with van der Waals surface area (Å²) in [5, 5.41) is 0. The first-order valence-electron chi connectivity index (χ1n) is 5.67. The fourth-order valence-electron chi connectivity index (χ4n) is 1.32. The third kappa shape index (κ3) is 4.38. The standard InChI is InChI=1S/C14H18O3/c1-5-11(3)16-13-9-7-8-10-14(13)17-12(4)15-6-2/h1,7-12H,6H2,2-4H3. The minimum atomic E-state index is -0.314. The first-order valence-corrected chi connectivity index (χ1v) is 5.67. The van der Waals surface area contributed by atoms with Crippen LogP contribution in [-0.2, 0) is 4.74 Å². The predicted molar refractivity (Wildman–Crippen MR) is 67.1 cm³/mol. The second-order valence-corrected chi connectivity index (χ2v) is 3.51. The van der Waals surface area contributed by atoms with Gasteiger partial charge in [0.25, 0.3) is 0 Å². The van der Waals surface area contributed by atoms with Gasteiger partial charge in [-0.05, 0) is 32.9 Å². The summed E-state index contributed by atoms with van der Waals surface area (Å²) in [6, 6.07) is 7.40. The van der Waals surface area contributed by atoms with Crippen LogP contribution < -0.4 is 9.47 Å². The molecule has 3 nitrogen and oxygen atoms in total. The van der Waals surface area contributed by atoms with Gasteiger partial charge in [0.05, 0.1) is 0 Å². The molecule has 1 rings (SSSR count). The van der Waals surface area contributed by atoms with Crippen molar-refractivity contribution in [1.29, 1.82) is 0 Å². The number of hydrogen-bond acceptors (Lipinski definition) is 3. The van der Waals surface area contributed by atoms with Gasteiger partial charge in [-0.25, -0.2) is 0 Å². The fraction of sp³-hybridized carbons (Fsp3) is 0.429. The maximum atomic E-state index is 5.62. The number of hydrogen-bond donors (Lipinski definition) is 0. The normalized spacial score (nSPS) is 13.5. The zero-order valence-corrected chi connectivity index (χ0v) is 10.5. The number of terminal acetylenes is 1. The molecule has 17 heavy (non-hydrogen) atoms. The lowest BCUT2D eigenvalue weighted by atomic mass is 10.3. The van der Waals surface area contributed by atoms with E-state index in [0.717, 1.165) is 0 Å². The molecular formula is C14H18O3. The van der Waals surface area contributed by atoms with Crippen molar-refractivity contribution >= 4 is 0 Å². The van der Waals surface area contributed by atoms with Crippen LogP contribution >= 0.6 is 0 Å². The quantitative estimate of drug-likeness (QED) is 0.559. The summed E-state index contributed by atoms with van der Waals surface area (Å²) in [4.78, 5) is 0. The summed E-state index contributed by atoms with van der Waals surface area (Å²) in [6.07, 6.45) is 4.67. The Kier molecular flexibility index (Phi) is 5.38. The lowest BCUT2D eigenvalue weighted by Gasteiger charge is -2.18. The first kappa shape index (κ1) is 13.4. The van der Waals surface area contributed by atoms with Crippen LogP contribution in [0.3, 0.4) is 0 Å². The summed E-state index contributed by atoms with van der Waals surface area (Å²) < 4.78 is 16.5. The number of para-hydroxylation sites is 2. The van der Waals surface area contributed by atoms with Crippen LogP contribution in [0.1, 0.15) is 20.8 Å². The number of benzene rings is 1. The first-order chi connectivity index (χ1) is 8.17. The second-order valence-electron chi connectivity index (χ2n) is 3.51. The number of ether oxygens (including phenoxy) is 3. The second kappa shape index (κ2) is 6.82. The van der Waals surface area contributed by atoms with Crippen LogP contribution in [0.5, 0.6) is 11.5 Å². The molecule has 0 bridgehead atoms. The molecule has 0 fully saturated rings. The molecule has 92 valence electrons. The van der Waals surface area contributed by atoms with E-state index in [1.165, 1.54) is 0 Å². The zero-order chi connectivity index (χ0) is 12.7. The summed E-state index contributed by atoms with van der Waals surface area (Å²) in [6.45, 7) is 6.17. The fourth-order valence-corrected chi connectivity index (χ4v) is 1.32. The Balaban J connectivity index is 2.74. The van der Waals surface area contributed by atoms with Gasteiger partial charge in [0.15, 0.2) is 23.9 Å². The van der Waals surface area contributed by atoms with Gasteiger partial charge in [-0.3, -0.25) is 0 Å². The van der Waals surface area contributed by atoms with Crippen molar-refractivity contribution in [2.24, 2.45) is 0 Å². The average molecular weight is 234 g/mol. The topological polar surface area (TPSA) is 27.7 Å². The largest absolute Gasteiger partial charge is 0.474 e. The lowest BCUT2D eigenvalue weighted by molar-refractivity contribution is -0.0627. The van der Waals surface area contributed by atoms with Crippen LogP contribution in [0.15, 0.2) is 24.3 Å². The highest BCUT2D eigenvalue weighted by Gasteiger charge is 2.10. The molecule has 3 heteroatoms. The van der Waals surface area contributed by atoms with Crippen LogP contribution in [0, 0.1) is 12.3 Å². The molecule has 0 heterocycles. The zero-order valence-electron chi connectivity index (χ0n) is 10.5. The third-order valence-electron chi connectivity index (χ3n) is 2.08. The van der Waals surface area contributed by atoms with Crippen molar-refractivity contribution in [3.8, 4) is 23.8 Å². The van der Waals surface area contributed by atoms with Crippen molar-refractivity contribution in [1.82, 2.24) is 0 Å². The van der Waals surface area contributed by atoms with Gasteiger partial charge in [0, 0.05) is 6.61 Å². The smallest absolute Gasteiger partial charge is 0.197 e. The van der Waals surface area contributed by atoms with Crippen molar-refractivity contribution in [3.63, 3.8) is 0 Å². The van der Waals surface area contributed by atoms with E-state index in [9.17, 15) is 0 Å². The molecule has 1 aromatic carbocycles. The third-order valence-corrected chi connectivity index (χ3v) is 2.08. The summed E-state index contributed by atoms with van der Waals surface area (Å²) >= 11 is 0. The molecule has 2 unspecified atom stereocenters. The van der Waals surface area contributed by atoms with E-state index < -0.39 is 0 Å². The van der Waals surface area contributed by atoms with E-state index in [2.05, 4.69) is 5.92 Å². The van der Waals surface area contributed by atoms with Crippen LogP contribution in [-0.4, -0.2) is 19.0 Å². The van der Waals surface area contributed by atoms with E-state index in [1.54, 1.807) is 0 Å². The Morgan fingerprint density at radius 2 is 1.76 bits per heavy atom. The van der Waals surface area contributed by atoms with Crippen molar-refractivity contribution in [2.75, 3.05) is 6.61 Å². The maximum Gasteiger partial charge on any atom is 0.197 e. The Hall–Kier alpha value is -1.66. The molecule has 0 aromatic heterocycles. The molecule has 1 aromatic rings. The molecule has 2 atom stereocenters. The average Bonchev–Trinajstić information content (AvgIpc) is 2.31. The van der Waals surface area contributed by atoms with Gasteiger partial charge < -0.3 is 14.2 Å². The Morgan fingerprint density at radius 3 is 2.29 bits per heavy atom. The molecule has 0 radical (unpaired) electrons. The molecule has 0 amide bonds. The maximum absolute atomic E-state index is 5.62. The molecule has 0 aliphatic heterocycles. The van der Waals surface area contributed by atoms with E-state index in [0.29, 0.717) is 18.1 Å². The Bertz CT molecular complexity index is 381. The van der Waals surface area contributed by atoms with Gasteiger partial charge >= 0.3 is 0 Å². The minimum absolute atomic E-state index is 0.290. The van der Waals surface area contributed by atoms with Gasteiger partial charge in [-0.1, -0.05) is 18.1 Å². The Morgan fingerprint density at radius 1 is 1.18 bits per heavy atom. The SMILES string of the molecule is C#CC(C)Oc1ccccc1OC(C)OCC. The Labute approximate surface area is 103 Å². The molecule has 0 saturated heterocycles. The minimum Gasteiger partial charge on any atom is -0.474 e. The summed E-state index contributed by atoms with van der Waals surface area (Å²) in [5.74, 6) is 3.77. The van der Waals surface area contributed by atoms with E-state index in [-0.39, 0.29) is 12.4 Å². The summed E-state index contributed by atoms with van der Waals surface area (Å²) in [5.41, 5.74) is 0. The van der Waals surface area contributed by atoms with E-state index >= 15 is 0 Å². The highest BCUT2D eigenvalue weighted by atomic mass is 16.7.